The molecule has 1 saturated heterocycles. The topological polar surface area (TPSA) is 3.24 Å². The largest absolute Gasteiger partial charge is 0.305 e. The Kier molecular flexibility index (Phi) is 3.30. The van der Waals surface area contributed by atoms with Crippen molar-refractivity contribution in [2.24, 2.45) is 0 Å². The molecule has 10 heavy (non-hydrogen) atoms. The van der Waals surface area contributed by atoms with Gasteiger partial charge in [-0.05, 0) is 13.7 Å². The van der Waals surface area contributed by atoms with Gasteiger partial charge >= 0.3 is 0 Å². The second kappa shape index (κ2) is 3.81. The standard InChI is InChI=1S/C7H15NP2/c1-8-4-6(9-2)7(5-8)10-3/h6-7,10H,2,4-5H2,1,3H3. The highest BCUT2D eigenvalue weighted by Crippen LogP contribution is 2.31. The molecule has 0 aromatic rings. The van der Waals surface area contributed by atoms with Crippen LogP contribution in [0.1, 0.15) is 0 Å². The van der Waals surface area contributed by atoms with Crippen LogP contribution in [0.4, 0.5) is 0 Å². The van der Waals surface area contributed by atoms with Gasteiger partial charge in [0.15, 0.2) is 0 Å². The lowest BCUT2D eigenvalue weighted by Crippen LogP contribution is -2.14. The Morgan fingerprint density at radius 3 is 2.70 bits per heavy atom. The first-order chi connectivity index (χ1) is 4.77. The van der Waals surface area contributed by atoms with Gasteiger partial charge in [0, 0.05) is 24.4 Å². The summed E-state index contributed by atoms with van der Waals surface area (Å²) >= 11 is 0. The van der Waals surface area contributed by atoms with Gasteiger partial charge in [0.1, 0.15) is 0 Å². The second-order valence-corrected chi connectivity index (χ2v) is 5.21. The van der Waals surface area contributed by atoms with Crippen molar-refractivity contribution in [3.05, 3.63) is 0 Å². The average molecular weight is 175 g/mol. The number of hydrogen-bond acceptors (Lipinski definition) is 1. The fourth-order valence-corrected chi connectivity index (χ4v) is 3.94. The minimum absolute atomic E-state index is 0.855. The van der Waals surface area contributed by atoms with Crippen molar-refractivity contribution in [3.63, 3.8) is 0 Å². The molecule has 1 rings (SSSR count). The van der Waals surface area contributed by atoms with Crippen LogP contribution in [-0.4, -0.2) is 49.3 Å². The van der Waals surface area contributed by atoms with Gasteiger partial charge in [0.25, 0.3) is 0 Å². The lowest BCUT2D eigenvalue weighted by atomic mass is 10.4. The molecule has 0 aromatic carbocycles. The molecule has 0 amide bonds. The zero-order valence-electron chi connectivity index (χ0n) is 6.67. The Morgan fingerprint density at radius 2 is 2.30 bits per heavy atom. The van der Waals surface area contributed by atoms with Crippen molar-refractivity contribution in [1.29, 1.82) is 0 Å². The van der Waals surface area contributed by atoms with E-state index in [4.69, 9.17) is 0 Å². The predicted octanol–water partition coefficient (Wildman–Crippen LogP) is 1.36. The highest BCUT2D eigenvalue weighted by Gasteiger charge is 2.27. The molecule has 3 heteroatoms. The van der Waals surface area contributed by atoms with Gasteiger partial charge in [-0.25, -0.2) is 0 Å². The molecule has 0 N–H and O–H groups in total. The van der Waals surface area contributed by atoms with E-state index in [2.05, 4.69) is 24.9 Å². The summed E-state index contributed by atoms with van der Waals surface area (Å²) in [6, 6.07) is 0. The van der Waals surface area contributed by atoms with Crippen molar-refractivity contribution in [2.75, 3.05) is 26.8 Å². The summed E-state index contributed by atoms with van der Waals surface area (Å²) in [5.74, 6) is 0. The molecule has 0 aromatic heterocycles. The maximum atomic E-state index is 3.95. The zero-order chi connectivity index (χ0) is 7.56. The first-order valence-electron chi connectivity index (χ1n) is 3.59. The maximum Gasteiger partial charge on any atom is 0.0208 e. The molecule has 1 heterocycles. The highest BCUT2D eigenvalue weighted by molar-refractivity contribution is 7.42. The van der Waals surface area contributed by atoms with Crippen LogP contribution in [0.2, 0.25) is 0 Å². The van der Waals surface area contributed by atoms with Gasteiger partial charge in [-0.2, -0.15) is 0 Å². The van der Waals surface area contributed by atoms with Crippen LogP contribution in [0.3, 0.4) is 0 Å². The van der Waals surface area contributed by atoms with Crippen LogP contribution < -0.4 is 0 Å². The number of rotatable bonds is 2. The number of nitrogens with zero attached hydrogens (tertiary/aromatic N) is 1. The quantitative estimate of drug-likeness (QED) is 0.573. The van der Waals surface area contributed by atoms with E-state index in [0.717, 1.165) is 19.9 Å². The van der Waals surface area contributed by atoms with E-state index >= 15 is 0 Å². The molecule has 0 spiro atoms. The molecule has 0 radical (unpaired) electrons. The minimum Gasteiger partial charge on any atom is -0.305 e. The van der Waals surface area contributed by atoms with E-state index in [1.54, 1.807) is 0 Å². The summed E-state index contributed by atoms with van der Waals surface area (Å²) in [7, 11) is 4.64. The third-order valence-electron chi connectivity index (χ3n) is 2.08. The lowest BCUT2D eigenvalue weighted by molar-refractivity contribution is 0.420. The third kappa shape index (κ3) is 1.78. The normalized spacial score (nSPS) is 36.6. The first-order valence-corrected chi connectivity index (χ1v) is 6.32. The summed E-state index contributed by atoms with van der Waals surface area (Å²) < 4.78 is 0. The molecular formula is C7H15NP2. The Bertz CT molecular complexity index is 127. The van der Waals surface area contributed by atoms with E-state index in [9.17, 15) is 0 Å². The van der Waals surface area contributed by atoms with Gasteiger partial charge in [0.05, 0.1) is 0 Å². The lowest BCUT2D eigenvalue weighted by Gasteiger charge is -2.09. The summed E-state index contributed by atoms with van der Waals surface area (Å²) in [6.45, 7) is 4.86. The van der Waals surface area contributed by atoms with Gasteiger partial charge < -0.3 is 4.90 Å². The Hall–Kier alpha value is 0.560. The van der Waals surface area contributed by atoms with Gasteiger partial charge in [-0.1, -0.05) is 6.30 Å². The summed E-state index contributed by atoms with van der Waals surface area (Å²) in [4.78, 5) is 2.42. The highest BCUT2D eigenvalue weighted by atomic mass is 31.1. The molecule has 1 aliphatic rings. The molecule has 3 atom stereocenters. The molecule has 0 saturated carbocycles. The van der Waals surface area contributed by atoms with Crippen molar-refractivity contribution in [3.8, 4) is 0 Å². The molecular weight excluding hydrogens is 160 g/mol. The molecule has 1 fully saturated rings. The summed E-state index contributed by atoms with van der Waals surface area (Å²) in [6.07, 6.45) is 3.95. The predicted molar refractivity (Wildman–Crippen MR) is 53.4 cm³/mol. The smallest absolute Gasteiger partial charge is 0.0208 e. The number of likely N-dealkylation sites (tertiary alicyclic amines) is 1. The van der Waals surface area contributed by atoms with Gasteiger partial charge in [0.2, 0.25) is 0 Å². The summed E-state index contributed by atoms with van der Waals surface area (Å²) in [5, 5.41) is 0. The van der Waals surface area contributed by atoms with Crippen LogP contribution in [0.15, 0.2) is 0 Å². The van der Waals surface area contributed by atoms with Crippen molar-refractivity contribution < 1.29 is 0 Å². The van der Waals surface area contributed by atoms with E-state index in [1.807, 2.05) is 0 Å². The van der Waals surface area contributed by atoms with Gasteiger partial charge in [-0.3, -0.25) is 0 Å². The maximum absolute atomic E-state index is 3.95. The third-order valence-corrected chi connectivity index (χ3v) is 4.68. The van der Waals surface area contributed by atoms with E-state index in [0.29, 0.717) is 0 Å². The average Bonchev–Trinajstić information content (AvgIpc) is 2.30. The summed E-state index contributed by atoms with van der Waals surface area (Å²) in [5.41, 5.74) is 1.79. The Labute approximate surface area is 66.8 Å². The number of hydrogen-bond donors (Lipinski definition) is 0. The fraction of sp³-hybridized carbons (Fsp3) is 0.857. The van der Waals surface area contributed by atoms with E-state index in [1.165, 1.54) is 21.3 Å². The van der Waals surface area contributed by atoms with Crippen molar-refractivity contribution in [1.82, 2.24) is 4.90 Å². The minimum atomic E-state index is 0.855. The molecule has 0 bridgehead atoms. The molecule has 3 unspecified atom stereocenters. The molecule has 0 aliphatic carbocycles. The molecule has 1 aliphatic heterocycles. The van der Waals surface area contributed by atoms with Crippen LogP contribution >= 0.6 is 16.8 Å². The van der Waals surface area contributed by atoms with Crippen LogP contribution in [0.25, 0.3) is 0 Å². The Balaban J connectivity index is 2.48. The SMILES string of the molecule is C=PC1CN(C)CC1PC. The van der Waals surface area contributed by atoms with Crippen molar-refractivity contribution >= 4 is 23.1 Å². The van der Waals surface area contributed by atoms with E-state index < -0.39 is 0 Å². The second-order valence-electron chi connectivity index (χ2n) is 2.87. The fourth-order valence-electron chi connectivity index (χ4n) is 1.45. The Morgan fingerprint density at radius 1 is 1.60 bits per heavy atom. The van der Waals surface area contributed by atoms with Crippen molar-refractivity contribution in [2.45, 2.75) is 11.3 Å². The molecule has 58 valence electrons. The van der Waals surface area contributed by atoms with E-state index in [-0.39, 0.29) is 0 Å². The first kappa shape index (κ1) is 8.65. The van der Waals surface area contributed by atoms with Crippen LogP contribution in [-0.2, 0) is 0 Å². The monoisotopic (exact) mass is 175 g/mol. The molecule has 1 nitrogen and oxygen atoms in total. The van der Waals surface area contributed by atoms with Crippen LogP contribution in [0.5, 0.6) is 0 Å². The van der Waals surface area contributed by atoms with Crippen LogP contribution in [0, 0.1) is 0 Å². The van der Waals surface area contributed by atoms with Gasteiger partial charge in [-0.15, -0.1) is 16.8 Å². The zero-order valence-corrected chi connectivity index (χ0v) is 8.56.